The molecule has 1 saturated heterocycles. The Hall–Kier alpha value is -2.74. The molecule has 0 radical (unpaired) electrons. The number of rotatable bonds is 11. The average Bonchev–Trinajstić information content (AvgIpc) is 2.88. The monoisotopic (exact) mass is 534 g/mol. The van der Waals surface area contributed by atoms with Crippen LogP contribution < -0.4 is 20.9 Å². The molecule has 1 unspecified atom stereocenters. The highest BCUT2D eigenvalue weighted by atomic mass is 16.5. The van der Waals surface area contributed by atoms with Crippen molar-refractivity contribution in [3.63, 3.8) is 0 Å². The Labute approximate surface area is 230 Å². The van der Waals surface area contributed by atoms with Gasteiger partial charge in [0.25, 0.3) is 5.56 Å². The summed E-state index contributed by atoms with van der Waals surface area (Å²) in [5.41, 5.74) is 0.727. The van der Waals surface area contributed by atoms with Gasteiger partial charge in [0.15, 0.2) is 0 Å². The first-order chi connectivity index (χ1) is 18.9. The van der Waals surface area contributed by atoms with E-state index in [1.165, 1.54) is 62.4 Å². The highest BCUT2D eigenvalue weighted by molar-refractivity contribution is 5.99. The SMILES string of the molecule is Cc1nc2cccc(OCCCCCCCNC34CC5CC(CC(C5)C3)C4)c2c(=O)n1C1CCC(=O)NC1=O. The number of fused-ring (bicyclic) bond motifs is 1. The predicted octanol–water partition coefficient (Wildman–Crippen LogP) is 4.57. The van der Waals surface area contributed by atoms with Gasteiger partial charge in [0.1, 0.15) is 23.0 Å². The van der Waals surface area contributed by atoms with Crippen molar-refractivity contribution in [2.75, 3.05) is 13.2 Å². The number of unbranched alkanes of at least 4 members (excludes halogenated alkanes) is 4. The molecule has 1 aromatic heterocycles. The van der Waals surface area contributed by atoms with E-state index in [-0.39, 0.29) is 17.9 Å². The van der Waals surface area contributed by atoms with Gasteiger partial charge in [-0.15, -0.1) is 0 Å². The summed E-state index contributed by atoms with van der Waals surface area (Å²) >= 11 is 0. The molecular formula is C31H42N4O4. The van der Waals surface area contributed by atoms with Crippen molar-refractivity contribution in [1.82, 2.24) is 20.2 Å². The third-order valence-electron chi connectivity index (χ3n) is 9.71. The van der Waals surface area contributed by atoms with E-state index in [0.717, 1.165) is 37.1 Å². The minimum atomic E-state index is -0.738. The van der Waals surface area contributed by atoms with Crippen molar-refractivity contribution >= 4 is 22.7 Å². The molecule has 1 atom stereocenters. The Bertz CT molecular complexity index is 1270. The number of aromatic nitrogens is 2. The second-order valence-corrected chi connectivity index (χ2v) is 12.7. The normalized spacial score (nSPS) is 29.7. The second-order valence-electron chi connectivity index (χ2n) is 12.7. The van der Waals surface area contributed by atoms with Gasteiger partial charge in [-0.25, -0.2) is 4.98 Å². The van der Waals surface area contributed by atoms with Gasteiger partial charge >= 0.3 is 0 Å². The summed E-state index contributed by atoms with van der Waals surface area (Å²) in [4.78, 5) is 42.1. The number of hydrogen-bond donors (Lipinski definition) is 2. The molecule has 4 bridgehead atoms. The van der Waals surface area contributed by atoms with Crippen LogP contribution in [0, 0.1) is 24.7 Å². The fourth-order valence-corrected chi connectivity index (χ4v) is 8.36. The molecule has 5 fully saturated rings. The van der Waals surface area contributed by atoms with Crippen molar-refractivity contribution < 1.29 is 14.3 Å². The minimum Gasteiger partial charge on any atom is -0.493 e. The van der Waals surface area contributed by atoms with Crippen LogP contribution in [0.15, 0.2) is 23.0 Å². The number of piperidine rings is 1. The van der Waals surface area contributed by atoms with Crippen molar-refractivity contribution in [2.45, 2.75) is 102 Å². The van der Waals surface area contributed by atoms with Crippen LogP contribution in [0.4, 0.5) is 0 Å². The van der Waals surface area contributed by atoms with E-state index < -0.39 is 11.9 Å². The van der Waals surface area contributed by atoms with Crippen LogP contribution >= 0.6 is 0 Å². The molecule has 1 aromatic carbocycles. The van der Waals surface area contributed by atoms with E-state index in [1.54, 1.807) is 19.1 Å². The number of hydrogen-bond acceptors (Lipinski definition) is 6. The van der Waals surface area contributed by atoms with E-state index in [0.29, 0.717) is 41.0 Å². The maximum absolute atomic E-state index is 13.5. The van der Waals surface area contributed by atoms with Gasteiger partial charge in [-0.05, 0) is 101 Å². The molecule has 7 rings (SSSR count). The van der Waals surface area contributed by atoms with Crippen LogP contribution in [0.3, 0.4) is 0 Å². The summed E-state index contributed by atoms with van der Waals surface area (Å²) in [5, 5.41) is 6.74. The molecule has 210 valence electrons. The summed E-state index contributed by atoms with van der Waals surface area (Å²) in [6, 6.07) is 4.70. The van der Waals surface area contributed by atoms with Crippen LogP contribution in [-0.2, 0) is 9.59 Å². The number of carbonyl (C=O) groups is 2. The van der Waals surface area contributed by atoms with Crippen LogP contribution in [0.2, 0.25) is 0 Å². The summed E-state index contributed by atoms with van der Waals surface area (Å²) in [5.74, 6) is 3.17. The molecule has 4 aliphatic carbocycles. The Morgan fingerprint density at radius 3 is 2.41 bits per heavy atom. The number of amides is 2. The Balaban J connectivity index is 0.973. The molecule has 39 heavy (non-hydrogen) atoms. The van der Waals surface area contributed by atoms with Gasteiger partial charge in [0.05, 0.1) is 12.1 Å². The number of ether oxygens (including phenoxy) is 1. The first-order valence-corrected chi connectivity index (χ1v) is 15.1. The van der Waals surface area contributed by atoms with Crippen molar-refractivity contribution in [1.29, 1.82) is 0 Å². The standard InChI is InChI=1S/C31H42N4O4/c1-20-33-24-8-7-9-26(28(24)30(38)35(20)25-10-11-27(36)34-29(25)37)39-13-6-4-2-3-5-12-32-31-17-21-14-22(18-31)16-23(15-21)19-31/h7-9,21-23,25,32H,2-6,10-19H2,1H3,(H,34,36,37). The number of carbonyl (C=O) groups excluding carboxylic acids is 2. The number of aryl methyl sites for hydroxylation is 1. The van der Waals surface area contributed by atoms with Crippen molar-refractivity contribution in [2.24, 2.45) is 17.8 Å². The lowest BCUT2D eigenvalue weighted by molar-refractivity contribution is -0.135. The number of imide groups is 1. The van der Waals surface area contributed by atoms with Crippen molar-refractivity contribution in [3.8, 4) is 5.75 Å². The van der Waals surface area contributed by atoms with E-state index in [9.17, 15) is 14.4 Å². The molecule has 1 aliphatic heterocycles. The predicted molar refractivity (Wildman–Crippen MR) is 150 cm³/mol. The zero-order valence-electron chi connectivity index (χ0n) is 23.2. The molecule has 2 aromatic rings. The lowest BCUT2D eigenvalue weighted by Crippen LogP contribution is -2.58. The molecular weight excluding hydrogens is 492 g/mol. The summed E-state index contributed by atoms with van der Waals surface area (Å²) in [6.45, 7) is 3.40. The molecule has 8 nitrogen and oxygen atoms in total. The minimum absolute atomic E-state index is 0.205. The summed E-state index contributed by atoms with van der Waals surface area (Å²) < 4.78 is 7.48. The molecule has 0 spiro atoms. The second kappa shape index (κ2) is 11.0. The van der Waals surface area contributed by atoms with Crippen LogP contribution in [0.1, 0.15) is 95.3 Å². The van der Waals surface area contributed by atoms with Gasteiger partial charge < -0.3 is 10.1 Å². The quantitative estimate of drug-likeness (QED) is 0.323. The van der Waals surface area contributed by atoms with Gasteiger partial charge in [-0.3, -0.25) is 24.3 Å². The van der Waals surface area contributed by atoms with Gasteiger partial charge in [0, 0.05) is 12.0 Å². The zero-order chi connectivity index (χ0) is 27.0. The average molecular weight is 535 g/mol. The number of nitrogens with one attached hydrogen (secondary N) is 2. The number of nitrogens with zero attached hydrogens (tertiary/aromatic N) is 2. The van der Waals surface area contributed by atoms with E-state index in [1.807, 2.05) is 6.07 Å². The van der Waals surface area contributed by atoms with Crippen LogP contribution in [0.5, 0.6) is 5.75 Å². The zero-order valence-corrected chi connectivity index (χ0v) is 23.2. The fraction of sp³-hybridized carbons (Fsp3) is 0.677. The first kappa shape index (κ1) is 26.5. The summed E-state index contributed by atoms with van der Waals surface area (Å²) in [6.07, 6.45) is 14.9. The van der Waals surface area contributed by atoms with Gasteiger partial charge in [-0.1, -0.05) is 25.3 Å². The van der Waals surface area contributed by atoms with E-state index in [4.69, 9.17) is 4.74 Å². The molecule has 8 heteroatoms. The maximum Gasteiger partial charge on any atom is 0.265 e. The highest BCUT2D eigenvalue weighted by Crippen LogP contribution is 2.55. The Kier molecular flexibility index (Phi) is 7.49. The molecule has 5 aliphatic rings. The molecule has 4 saturated carbocycles. The van der Waals surface area contributed by atoms with Crippen LogP contribution in [0.25, 0.3) is 10.9 Å². The smallest absolute Gasteiger partial charge is 0.265 e. The Morgan fingerprint density at radius 2 is 1.69 bits per heavy atom. The van der Waals surface area contributed by atoms with Crippen molar-refractivity contribution in [3.05, 3.63) is 34.4 Å². The number of benzene rings is 1. The lowest BCUT2D eigenvalue weighted by Gasteiger charge is -2.57. The highest BCUT2D eigenvalue weighted by Gasteiger charge is 2.50. The fourth-order valence-electron chi connectivity index (χ4n) is 8.36. The molecule has 2 heterocycles. The maximum atomic E-state index is 13.5. The van der Waals surface area contributed by atoms with Crippen LogP contribution in [-0.4, -0.2) is 40.1 Å². The molecule has 2 N–H and O–H groups in total. The largest absolute Gasteiger partial charge is 0.493 e. The topological polar surface area (TPSA) is 102 Å². The van der Waals surface area contributed by atoms with Gasteiger partial charge in [-0.2, -0.15) is 0 Å². The Morgan fingerprint density at radius 1 is 1.00 bits per heavy atom. The van der Waals surface area contributed by atoms with E-state index >= 15 is 0 Å². The lowest BCUT2D eigenvalue weighted by atomic mass is 9.53. The van der Waals surface area contributed by atoms with E-state index in [2.05, 4.69) is 15.6 Å². The third kappa shape index (κ3) is 5.49. The first-order valence-electron chi connectivity index (χ1n) is 15.1. The van der Waals surface area contributed by atoms with Gasteiger partial charge in [0.2, 0.25) is 11.8 Å². The summed E-state index contributed by atoms with van der Waals surface area (Å²) in [7, 11) is 0. The third-order valence-corrected chi connectivity index (χ3v) is 9.71. The molecule has 2 amide bonds.